The van der Waals surface area contributed by atoms with Crippen molar-refractivity contribution in [2.24, 2.45) is 11.1 Å². The summed E-state index contributed by atoms with van der Waals surface area (Å²) in [7, 11) is 1.72. The van der Waals surface area contributed by atoms with Gasteiger partial charge in [-0.1, -0.05) is 20.8 Å². The van der Waals surface area contributed by atoms with E-state index in [0.29, 0.717) is 22.0 Å². The number of amides is 2. The molecule has 5 N–H and O–H groups in total. The van der Waals surface area contributed by atoms with E-state index >= 15 is 0 Å². The molecule has 31 heavy (non-hydrogen) atoms. The number of nitrogens with one attached hydrogen (secondary N) is 2. The van der Waals surface area contributed by atoms with Gasteiger partial charge < -0.3 is 26.4 Å². The van der Waals surface area contributed by atoms with Crippen LogP contribution in [0.5, 0.6) is 0 Å². The number of allylic oxidation sites excluding steroid dienone is 1. The summed E-state index contributed by atoms with van der Waals surface area (Å²) in [5.74, 6) is -0.534. The van der Waals surface area contributed by atoms with Gasteiger partial charge in [0.2, 0.25) is 11.8 Å². The van der Waals surface area contributed by atoms with Crippen molar-refractivity contribution in [1.29, 1.82) is 0 Å². The highest BCUT2D eigenvalue weighted by Gasteiger charge is 2.43. The standard InChI is InChI=1S/C21H34N6O3S/c1-11(22)17(31)15-9-24-14(8-25-15)12(2)26-19(29)16-7-13(28)10-27(16)20(30)18(23-6)21(3,4)5/h8-9,12-13,16,18,23,28,31H,7,10,22H2,1-6H3,(H,26,29)/b17-11-/t12-,13+,16-,18+/m0/s1. The third-order valence-corrected chi connectivity index (χ3v) is 5.94. The summed E-state index contributed by atoms with van der Waals surface area (Å²) < 4.78 is 0. The molecule has 2 amide bonds. The number of rotatable bonds is 6. The maximum Gasteiger partial charge on any atom is 0.243 e. The first-order chi connectivity index (χ1) is 14.4. The van der Waals surface area contributed by atoms with E-state index in [1.165, 1.54) is 4.90 Å². The number of thiol groups is 1. The maximum atomic E-state index is 13.1. The van der Waals surface area contributed by atoms with Gasteiger partial charge in [0.15, 0.2) is 0 Å². The number of aromatic nitrogens is 2. The Morgan fingerprint density at radius 3 is 2.45 bits per heavy atom. The van der Waals surface area contributed by atoms with Crippen molar-refractivity contribution in [3.63, 3.8) is 0 Å². The summed E-state index contributed by atoms with van der Waals surface area (Å²) in [5.41, 5.74) is 7.03. The second-order valence-electron chi connectivity index (χ2n) is 9.07. The van der Waals surface area contributed by atoms with Gasteiger partial charge in [0.1, 0.15) is 6.04 Å². The monoisotopic (exact) mass is 450 g/mol. The molecule has 1 aromatic rings. The number of carbonyl (C=O) groups is 2. The van der Waals surface area contributed by atoms with Crippen LogP contribution in [-0.4, -0.2) is 63.6 Å². The SMILES string of the molecule is CN[C@H](C(=O)N1C[C@H](O)C[C@H]1C(=O)N[C@@H](C)c1cnc(/C(S)=C(\C)N)cn1)C(C)(C)C. The third-order valence-electron chi connectivity index (χ3n) is 5.36. The van der Waals surface area contributed by atoms with E-state index in [2.05, 4.69) is 33.2 Å². The number of nitrogens with zero attached hydrogens (tertiary/aromatic N) is 3. The summed E-state index contributed by atoms with van der Waals surface area (Å²) >= 11 is 4.31. The number of aliphatic hydroxyl groups excluding tert-OH is 1. The Balaban J connectivity index is 2.14. The Kier molecular flexibility index (Phi) is 8.07. The van der Waals surface area contributed by atoms with E-state index in [9.17, 15) is 14.7 Å². The summed E-state index contributed by atoms with van der Waals surface area (Å²) in [5, 5.41) is 16.1. The molecule has 9 nitrogen and oxygen atoms in total. The normalized spacial score (nSPS) is 22.0. The van der Waals surface area contributed by atoms with Crippen LogP contribution < -0.4 is 16.4 Å². The molecule has 2 rings (SSSR count). The molecule has 1 aromatic heterocycles. The minimum Gasteiger partial charge on any atom is -0.401 e. The number of likely N-dealkylation sites (tertiary alicyclic amines) is 1. The van der Waals surface area contributed by atoms with Crippen molar-refractivity contribution < 1.29 is 14.7 Å². The molecule has 0 aromatic carbocycles. The van der Waals surface area contributed by atoms with Gasteiger partial charge in [0.05, 0.1) is 42.0 Å². The molecule has 1 fully saturated rings. The molecular weight excluding hydrogens is 416 g/mol. The van der Waals surface area contributed by atoms with Crippen molar-refractivity contribution in [2.45, 2.75) is 65.3 Å². The zero-order valence-electron chi connectivity index (χ0n) is 19.0. The van der Waals surface area contributed by atoms with Crippen molar-refractivity contribution in [3.8, 4) is 0 Å². The molecule has 1 aliphatic heterocycles. The van der Waals surface area contributed by atoms with Crippen LogP contribution in [0.15, 0.2) is 18.1 Å². The number of nitrogens with two attached hydrogens (primary N) is 1. The Hall–Kier alpha value is -2.17. The Labute approximate surface area is 189 Å². The molecule has 1 saturated heterocycles. The van der Waals surface area contributed by atoms with Crippen LogP contribution in [0.4, 0.5) is 0 Å². The van der Waals surface area contributed by atoms with Gasteiger partial charge in [-0.3, -0.25) is 19.6 Å². The van der Waals surface area contributed by atoms with Crippen molar-refractivity contribution >= 4 is 29.3 Å². The van der Waals surface area contributed by atoms with Crippen LogP contribution in [0, 0.1) is 5.41 Å². The molecule has 172 valence electrons. The number of hydrogen-bond acceptors (Lipinski definition) is 8. The molecule has 4 atom stereocenters. The first kappa shape index (κ1) is 25.1. The Morgan fingerprint density at radius 1 is 1.32 bits per heavy atom. The van der Waals surface area contributed by atoms with E-state index in [1.54, 1.807) is 33.3 Å². The predicted octanol–water partition coefficient (Wildman–Crippen LogP) is 0.827. The van der Waals surface area contributed by atoms with Crippen molar-refractivity contribution in [1.82, 2.24) is 25.5 Å². The lowest BCUT2D eigenvalue weighted by Gasteiger charge is -2.34. The van der Waals surface area contributed by atoms with Gasteiger partial charge in [0.25, 0.3) is 0 Å². The fourth-order valence-corrected chi connectivity index (χ4v) is 3.78. The van der Waals surface area contributed by atoms with E-state index in [1.807, 2.05) is 20.8 Å². The largest absolute Gasteiger partial charge is 0.401 e. The van der Waals surface area contributed by atoms with Crippen LogP contribution in [0.3, 0.4) is 0 Å². The van der Waals surface area contributed by atoms with Gasteiger partial charge in [-0.05, 0) is 26.3 Å². The summed E-state index contributed by atoms with van der Waals surface area (Å²) in [6, 6.07) is -1.65. The molecule has 0 saturated carbocycles. The van der Waals surface area contributed by atoms with Crippen molar-refractivity contribution in [2.75, 3.05) is 13.6 Å². The molecule has 1 aliphatic rings. The molecule has 10 heteroatoms. The first-order valence-electron chi connectivity index (χ1n) is 10.3. The van der Waals surface area contributed by atoms with Gasteiger partial charge in [0, 0.05) is 23.6 Å². The molecule has 0 aliphatic carbocycles. The quantitative estimate of drug-likeness (QED) is 0.405. The van der Waals surface area contributed by atoms with Crippen molar-refractivity contribution in [3.05, 3.63) is 29.5 Å². The molecular formula is C21H34N6O3S. The number of β-amino-alcohol motifs (C(OH)–C–C–N with tert-alkyl or cyclic N) is 1. The number of carbonyl (C=O) groups excluding carboxylic acids is 2. The summed E-state index contributed by atoms with van der Waals surface area (Å²) in [4.78, 5) is 36.8. The fourth-order valence-electron chi connectivity index (χ4n) is 3.67. The van der Waals surface area contributed by atoms with E-state index in [0.717, 1.165) is 0 Å². The highest BCUT2D eigenvalue weighted by molar-refractivity contribution is 7.90. The van der Waals surface area contributed by atoms with Crippen LogP contribution in [0.1, 0.15) is 58.5 Å². The number of aliphatic hydroxyl groups is 1. The fraction of sp³-hybridized carbons (Fsp3) is 0.619. The van der Waals surface area contributed by atoms with Gasteiger partial charge in [-0.25, -0.2) is 0 Å². The second kappa shape index (κ2) is 9.97. The Bertz CT molecular complexity index is 833. The number of likely N-dealkylation sites (N-methyl/N-ethyl adjacent to an activating group) is 1. The predicted molar refractivity (Wildman–Crippen MR) is 123 cm³/mol. The zero-order valence-corrected chi connectivity index (χ0v) is 19.9. The van der Waals surface area contributed by atoms with Gasteiger partial charge >= 0.3 is 0 Å². The zero-order chi connectivity index (χ0) is 23.5. The highest BCUT2D eigenvalue weighted by Crippen LogP contribution is 2.26. The maximum absolute atomic E-state index is 13.1. The van der Waals surface area contributed by atoms with Crippen LogP contribution in [-0.2, 0) is 9.59 Å². The topological polar surface area (TPSA) is 133 Å². The van der Waals surface area contributed by atoms with E-state index in [-0.39, 0.29) is 30.2 Å². The second-order valence-corrected chi connectivity index (χ2v) is 9.52. The van der Waals surface area contributed by atoms with Crippen LogP contribution in [0.2, 0.25) is 0 Å². The molecule has 0 unspecified atom stereocenters. The van der Waals surface area contributed by atoms with Crippen LogP contribution in [0.25, 0.3) is 4.91 Å². The lowest BCUT2D eigenvalue weighted by Crippen LogP contribution is -2.56. The lowest BCUT2D eigenvalue weighted by atomic mass is 9.86. The minimum absolute atomic E-state index is 0.129. The third kappa shape index (κ3) is 5.96. The Morgan fingerprint density at radius 2 is 1.97 bits per heavy atom. The van der Waals surface area contributed by atoms with Crippen LogP contribution >= 0.6 is 12.6 Å². The minimum atomic E-state index is -0.748. The van der Waals surface area contributed by atoms with Gasteiger partial charge in [-0.2, -0.15) is 0 Å². The summed E-state index contributed by atoms with van der Waals surface area (Å²) in [6.07, 6.45) is 2.56. The van der Waals surface area contributed by atoms with Gasteiger partial charge in [-0.15, -0.1) is 12.6 Å². The summed E-state index contributed by atoms with van der Waals surface area (Å²) in [6.45, 7) is 9.50. The smallest absolute Gasteiger partial charge is 0.243 e. The highest BCUT2D eigenvalue weighted by atomic mass is 32.1. The van der Waals surface area contributed by atoms with E-state index in [4.69, 9.17) is 5.73 Å². The van der Waals surface area contributed by atoms with E-state index < -0.39 is 24.2 Å². The number of hydrogen-bond donors (Lipinski definition) is 5. The average molecular weight is 451 g/mol. The average Bonchev–Trinajstić information content (AvgIpc) is 3.08. The molecule has 0 bridgehead atoms. The molecule has 2 heterocycles. The lowest BCUT2D eigenvalue weighted by molar-refractivity contribution is -0.142. The molecule has 0 spiro atoms. The molecule has 0 radical (unpaired) electrons. The first-order valence-corrected chi connectivity index (χ1v) is 10.7.